The maximum atomic E-state index is 6.30. The van der Waals surface area contributed by atoms with Gasteiger partial charge >= 0.3 is 0 Å². The second-order valence-corrected chi connectivity index (χ2v) is 5.66. The molecule has 1 aromatic rings. The molecule has 0 amide bonds. The van der Waals surface area contributed by atoms with Crippen LogP contribution in [0.3, 0.4) is 0 Å². The summed E-state index contributed by atoms with van der Waals surface area (Å²) < 4.78 is 16.4. The zero-order chi connectivity index (χ0) is 15.4. The largest absolute Gasteiger partial charge is 0.486 e. The van der Waals surface area contributed by atoms with E-state index in [0.29, 0.717) is 42.9 Å². The molecule has 118 valence electrons. The number of nitrogens with two attached hydrogens (primary N) is 1. The molecule has 0 aliphatic carbocycles. The van der Waals surface area contributed by atoms with Gasteiger partial charge in [0.2, 0.25) is 0 Å². The normalized spacial score (nSPS) is 16.9. The number of fused-ring (bicyclic) bond motifs is 1. The Balaban J connectivity index is 2.27. The van der Waals surface area contributed by atoms with Gasteiger partial charge in [-0.25, -0.2) is 0 Å². The number of methoxy groups -OCH3 is 1. The predicted octanol–water partition coefficient (Wildman–Crippen LogP) is 2.08. The molecule has 0 radical (unpaired) electrons. The molecule has 1 aromatic carbocycles. The van der Waals surface area contributed by atoms with Gasteiger partial charge in [-0.3, -0.25) is 4.90 Å². The zero-order valence-electron chi connectivity index (χ0n) is 12.8. The van der Waals surface area contributed by atoms with E-state index in [1.54, 1.807) is 7.11 Å². The van der Waals surface area contributed by atoms with E-state index in [1.807, 2.05) is 19.2 Å². The molecule has 2 rings (SSSR count). The molecule has 1 aliphatic heterocycles. The van der Waals surface area contributed by atoms with Crippen molar-refractivity contribution in [1.82, 2.24) is 4.90 Å². The number of likely N-dealkylation sites (N-methyl/N-ethyl adjacent to an activating group) is 1. The quantitative estimate of drug-likeness (QED) is 0.871. The Morgan fingerprint density at radius 3 is 2.76 bits per heavy atom. The fraction of sp³-hybridized carbons (Fsp3) is 0.600. The van der Waals surface area contributed by atoms with Crippen LogP contribution in [0.4, 0.5) is 0 Å². The first-order chi connectivity index (χ1) is 10.1. The summed E-state index contributed by atoms with van der Waals surface area (Å²) in [5.74, 6) is 1.31. The summed E-state index contributed by atoms with van der Waals surface area (Å²) in [6, 6.07) is 4.16. The molecular weight excluding hydrogens is 292 g/mol. The molecule has 5 nitrogen and oxygen atoms in total. The van der Waals surface area contributed by atoms with Crippen LogP contribution in [0.1, 0.15) is 18.5 Å². The predicted molar refractivity (Wildman–Crippen MR) is 83.3 cm³/mol. The van der Waals surface area contributed by atoms with E-state index in [-0.39, 0.29) is 12.1 Å². The Morgan fingerprint density at radius 2 is 2.10 bits per heavy atom. The average Bonchev–Trinajstić information content (AvgIpc) is 2.48. The van der Waals surface area contributed by atoms with E-state index in [9.17, 15) is 0 Å². The summed E-state index contributed by atoms with van der Waals surface area (Å²) in [6.45, 7) is 4.30. The highest BCUT2D eigenvalue weighted by atomic mass is 35.5. The van der Waals surface area contributed by atoms with Gasteiger partial charge in [0.15, 0.2) is 11.5 Å². The van der Waals surface area contributed by atoms with Crippen LogP contribution >= 0.6 is 11.6 Å². The number of ether oxygens (including phenoxy) is 3. The van der Waals surface area contributed by atoms with Crippen LogP contribution in [0.15, 0.2) is 12.1 Å². The molecule has 0 saturated heterocycles. The van der Waals surface area contributed by atoms with Crippen molar-refractivity contribution in [2.75, 3.05) is 40.5 Å². The Bertz CT molecular complexity index is 484. The molecule has 2 unspecified atom stereocenters. The molecule has 2 N–H and O–H groups in total. The molecule has 0 saturated carbocycles. The molecule has 21 heavy (non-hydrogen) atoms. The van der Waals surface area contributed by atoms with Crippen molar-refractivity contribution in [2.45, 2.75) is 19.0 Å². The fourth-order valence-electron chi connectivity index (χ4n) is 2.53. The van der Waals surface area contributed by atoms with Gasteiger partial charge in [-0.2, -0.15) is 0 Å². The number of hydrogen-bond acceptors (Lipinski definition) is 5. The van der Waals surface area contributed by atoms with E-state index >= 15 is 0 Å². The average molecular weight is 315 g/mol. The Hall–Kier alpha value is -1.01. The van der Waals surface area contributed by atoms with Crippen molar-refractivity contribution >= 4 is 11.6 Å². The van der Waals surface area contributed by atoms with Gasteiger partial charge in [-0.1, -0.05) is 11.6 Å². The number of rotatable bonds is 6. The highest BCUT2D eigenvalue weighted by molar-refractivity contribution is 6.32. The molecule has 6 heteroatoms. The minimum absolute atomic E-state index is 0.0449. The maximum Gasteiger partial charge on any atom is 0.179 e. The van der Waals surface area contributed by atoms with E-state index in [0.717, 1.165) is 5.56 Å². The summed E-state index contributed by atoms with van der Waals surface area (Å²) in [5.41, 5.74) is 6.99. The van der Waals surface area contributed by atoms with E-state index in [2.05, 4.69) is 11.8 Å². The van der Waals surface area contributed by atoms with Gasteiger partial charge < -0.3 is 19.9 Å². The van der Waals surface area contributed by atoms with E-state index in [4.69, 9.17) is 31.5 Å². The zero-order valence-corrected chi connectivity index (χ0v) is 13.5. The Morgan fingerprint density at radius 1 is 1.38 bits per heavy atom. The van der Waals surface area contributed by atoms with Crippen molar-refractivity contribution in [3.63, 3.8) is 0 Å². The lowest BCUT2D eigenvalue weighted by atomic mass is 10.0. The van der Waals surface area contributed by atoms with Gasteiger partial charge in [-0.05, 0) is 31.7 Å². The number of nitrogens with zero attached hydrogens (tertiary/aromatic N) is 1. The third-order valence-corrected chi connectivity index (χ3v) is 4.10. The van der Waals surface area contributed by atoms with Crippen LogP contribution < -0.4 is 15.2 Å². The van der Waals surface area contributed by atoms with Crippen LogP contribution in [-0.2, 0) is 4.74 Å². The highest BCUT2D eigenvalue weighted by Gasteiger charge is 2.24. The van der Waals surface area contributed by atoms with Crippen molar-refractivity contribution in [3.8, 4) is 11.5 Å². The first kappa shape index (κ1) is 16.4. The van der Waals surface area contributed by atoms with Crippen LogP contribution in [0, 0.1) is 0 Å². The van der Waals surface area contributed by atoms with Gasteiger partial charge in [-0.15, -0.1) is 0 Å². The maximum absolute atomic E-state index is 6.30. The minimum Gasteiger partial charge on any atom is -0.486 e. The van der Waals surface area contributed by atoms with Crippen molar-refractivity contribution in [1.29, 1.82) is 0 Å². The molecule has 1 aliphatic rings. The lowest BCUT2D eigenvalue weighted by Crippen LogP contribution is -2.39. The van der Waals surface area contributed by atoms with Crippen molar-refractivity contribution in [3.05, 3.63) is 22.7 Å². The fourth-order valence-corrected chi connectivity index (χ4v) is 2.80. The summed E-state index contributed by atoms with van der Waals surface area (Å²) >= 11 is 6.30. The first-order valence-electron chi connectivity index (χ1n) is 7.08. The molecule has 1 heterocycles. The van der Waals surface area contributed by atoms with Crippen LogP contribution in [-0.4, -0.2) is 51.5 Å². The summed E-state index contributed by atoms with van der Waals surface area (Å²) in [6.07, 6.45) is 0. The minimum atomic E-state index is 0.0449. The van der Waals surface area contributed by atoms with E-state index in [1.165, 1.54) is 0 Å². The van der Waals surface area contributed by atoms with Gasteiger partial charge in [0.25, 0.3) is 0 Å². The smallest absolute Gasteiger partial charge is 0.179 e. The van der Waals surface area contributed by atoms with Gasteiger partial charge in [0, 0.05) is 25.7 Å². The third-order valence-electron chi connectivity index (χ3n) is 3.82. The molecule has 0 aromatic heterocycles. The SMILES string of the molecule is COCC(C)N(C)C(CN)c1cc(Cl)c2c(c1)OCCO2. The standard InChI is InChI=1S/C15H23ClN2O3/c1-10(9-19-3)18(2)13(8-17)11-6-12(16)15-14(7-11)20-4-5-21-15/h6-7,10,13H,4-5,8-9,17H2,1-3H3. The Kier molecular flexibility index (Phi) is 5.70. The second-order valence-electron chi connectivity index (χ2n) is 5.25. The van der Waals surface area contributed by atoms with Gasteiger partial charge in [0.1, 0.15) is 13.2 Å². The summed E-state index contributed by atoms with van der Waals surface area (Å²) in [4.78, 5) is 2.19. The molecule has 0 spiro atoms. The van der Waals surface area contributed by atoms with E-state index < -0.39 is 0 Å². The number of hydrogen-bond donors (Lipinski definition) is 1. The molecule has 0 bridgehead atoms. The summed E-state index contributed by atoms with van der Waals surface area (Å²) in [5, 5.41) is 0.563. The third kappa shape index (κ3) is 3.61. The van der Waals surface area contributed by atoms with Crippen molar-refractivity contribution < 1.29 is 14.2 Å². The second kappa shape index (κ2) is 7.31. The lowest BCUT2D eigenvalue weighted by Gasteiger charge is -2.33. The number of halogens is 1. The number of benzene rings is 1. The van der Waals surface area contributed by atoms with Crippen LogP contribution in [0.5, 0.6) is 11.5 Å². The molecular formula is C15H23ClN2O3. The first-order valence-corrected chi connectivity index (χ1v) is 7.46. The van der Waals surface area contributed by atoms with Gasteiger partial charge in [0.05, 0.1) is 11.6 Å². The summed E-state index contributed by atoms with van der Waals surface area (Å²) in [7, 11) is 3.73. The van der Waals surface area contributed by atoms with Crippen molar-refractivity contribution in [2.24, 2.45) is 5.73 Å². The van der Waals surface area contributed by atoms with Crippen LogP contribution in [0.25, 0.3) is 0 Å². The van der Waals surface area contributed by atoms with Crippen LogP contribution in [0.2, 0.25) is 5.02 Å². The lowest BCUT2D eigenvalue weighted by molar-refractivity contribution is 0.0908. The Labute approximate surface area is 130 Å². The molecule has 2 atom stereocenters. The molecule has 0 fully saturated rings. The highest BCUT2D eigenvalue weighted by Crippen LogP contribution is 2.40. The monoisotopic (exact) mass is 314 g/mol. The topological polar surface area (TPSA) is 57.0 Å².